The van der Waals surface area contributed by atoms with E-state index in [2.05, 4.69) is 113 Å². The van der Waals surface area contributed by atoms with Crippen molar-refractivity contribution < 1.29 is 0 Å². The van der Waals surface area contributed by atoms with Crippen molar-refractivity contribution in [3.8, 4) is 11.1 Å². The number of benzene rings is 4. The molecule has 0 amide bonds. The Hall–Kier alpha value is -5.74. The summed E-state index contributed by atoms with van der Waals surface area (Å²) in [6.45, 7) is 0. The van der Waals surface area contributed by atoms with Gasteiger partial charge in [0.15, 0.2) is 0 Å². The molecule has 5 heterocycles. The standard InChI is InChI=1S/C38H24N4/c1-2-5-25-19-34-26(18-24(25)4-1)9-8-23-6-3-7-33(37(23)34)38-35-16-14-31(41-35)21-29-12-10-27(39-29)20-28-11-13-30(40-28)22-32-15-17-36(38)42-32/h1-22,41-42H. The number of rotatable bonds is 1. The number of nitrogens with zero attached hydrogens (tertiary/aromatic N) is 2. The van der Waals surface area contributed by atoms with Gasteiger partial charge in [-0.1, -0.05) is 54.6 Å². The lowest BCUT2D eigenvalue weighted by atomic mass is 9.92. The van der Waals surface area contributed by atoms with Crippen LogP contribution in [0.4, 0.5) is 0 Å². The molecule has 2 aliphatic rings. The molecule has 0 saturated heterocycles. The molecule has 3 aromatic heterocycles. The molecule has 7 aromatic rings. The lowest BCUT2D eigenvalue weighted by Gasteiger charge is -2.12. The van der Waals surface area contributed by atoms with Crippen LogP contribution >= 0.6 is 0 Å². The van der Waals surface area contributed by atoms with Gasteiger partial charge in [-0.05, 0) is 117 Å². The van der Waals surface area contributed by atoms with Crippen molar-refractivity contribution in [3.63, 3.8) is 0 Å². The number of nitrogens with one attached hydrogen (secondary N) is 2. The van der Waals surface area contributed by atoms with Crippen LogP contribution in [0.2, 0.25) is 0 Å². The summed E-state index contributed by atoms with van der Waals surface area (Å²) in [4.78, 5) is 17.0. The van der Waals surface area contributed by atoms with E-state index in [0.717, 1.165) is 50.4 Å². The fourth-order valence-electron chi connectivity index (χ4n) is 6.31. The van der Waals surface area contributed by atoms with Gasteiger partial charge in [-0.25, -0.2) is 9.97 Å². The van der Waals surface area contributed by atoms with Gasteiger partial charge >= 0.3 is 0 Å². The maximum Gasteiger partial charge on any atom is 0.0659 e. The first-order valence-corrected chi connectivity index (χ1v) is 14.2. The van der Waals surface area contributed by atoms with E-state index in [-0.39, 0.29) is 0 Å². The van der Waals surface area contributed by atoms with Crippen LogP contribution in [-0.4, -0.2) is 19.9 Å². The van der Waals surface area contributed by atoms with Gasteiger partial charge in [0, 0.05) is 27.6 Å². The van der Waals surface area contributed by atoms with E-state index in [0.29, 0.717) is 0 Å². The number of aromatic amines is 2. The quantitative estimate of drug-likeness (QED) is 0.162. The predicted molar refractivity (Wildman–Crippen MR) is 177 cm³/mol. The summed E-state index contributed by atoms with van der Waals surface area (Å²) in [5, 5.41) is 7.42. The predicted octanol–water partition coefficient (Wildman–Crippen LogP) is 9.78. The van der Waals surface area contributed by atoms with Crippen LogP contribution in [0, 0.1) is 0 Å². The van der Waals surface area contributed by atoms with Crippen LogP contribution in [0.25, 0.3) is 89.8 Å². The summed E-state index contributed by atoms with van der Waals surface area (Å²) in [5.74, 6) is 0. The number of aromatic nitrogens is 4. The Bertz CT molecular complexity index is 2380. The average Bonchev–Trinajstić information content (AvgIpc) is 3.83. The SMILES string of the molecule is C1=Cc2cc3ccc([nH]3)c(-c3cccc4ccc5cc6ccccc6cc5c34)c3ccc(cc4nc(cc1n2)C=C4)[nH]3. The smallest absolute Gasteiger partial charge is 0.0659 e. The van der Waals surface area contributed by atoms with Gasteiger partial charge in [-0.3, -0.25) is 0 Å². The molecule has 0 atom stereocenters. The molecule has 0 unspecified atom stereocenters. The molecule has 4 aromatic carbocycles. The first-order valence-electron chi connectivity index (χ1n) is 14.2. The largest absolute Gasteiger partial charge is 0.355 e. The first kappa shape index (κ1) is 23.0. The highest BCUT2D eigenvalue weighted by Gasteiger charge is 2.13. The molecule has 4 heteroatoms. The zero-order valence-electron chi connectivity index (χ0n) is 22.6. The highest BCUT2D eigenvalue weighted by Crippen LogP contribution is 2.39. The van der Waals surface area contributed by atoms with Gasteiger partial charge in [0.25, 0.3) is 0 Å². The molecule has 0 aliphatic carbocycles. The summed E-state index contributed by atoms with van der Waals surface area (Å²) in [6, 6.07) is 39.1. The van der Waals surface area contributed by atoms with Crippen LogP contribution in [0.3, 0.4) is 0 Å². The van der Waals surface area contributed by atoms with Crippen molar-refractivity contribution in [1.29, 1.82) is 0 Å². The van der Waals surface area contributed by atoms with E-state index in [4.69, 9.17) is 9.97 Å². The van der Waals surface area contributed by atoms with E-state index in [1.54, 1.807) is 0 Å². The van der Waals surface area contributed by atoms with E-state index in [1.807, 2.05) is 30.4 Å². The zero-order valence-corrected chi connectivity index (χ0v) is 22.6. The maximum atomic E-state index is 4.80. The molecule has 2 N–H and O–H groups in total. The van der Waals surface area contributed by atoms with Gasteiger partial charge in [0.05, 0.1) is 22.8 Å². The first-order chi connectivity index (χ1) is 20.7. The van der Waals surface area contributed by atoms with Crippen LogP contribution in [-0.2, 0) is 0 Å². The Morgan fingerprint density at radius 3 is 1.67 bits per heavy atom. The number of hydrogen-bond acceptors (Lipinski definition) is 2. The third kappa shape index (κ3) is 3.77. The minimum atomic E-state index is 0.898. The van der Waals surface area contributed by atoms with Crippen molar-refractivity contribution in [2.24, 2.45) is 0 Å². The van der Waals surface area contributed by atoms with Gasteiger partial charge in [-0.15, -0.1) is 0 Å². The fraction of sp³-hybridized carbons (Fsp3) is 0. The van der Waals surface area contributed by atoms with Crippen molar-refractivity contribution in [2.45, 2.75) is 0 Å². The number of H-pyrrole nitrogens is 2. The molecule has 0 spiro atoms. The van der Waals surface area contributed by atoms with Crippen LogP contribution in [0.5, 0.6) is 0 Å². The Morgan fingerprint density at radius 1 is 0.429 bits per heavy atom. The van der Waals surface area contributed by atoms with Gasteiger partial charge in [0.1, 0.15) is 0 Å². The fourth-order valence-corrected chi connectivity index (χ4v) is 6.31. The molecule has 0 fully saturated rings. The number of fused-ring (bicyclic) bond motifs is 12. The lowest BCUT2D eigenvalue weighted by Crippen LogP contribution is -1.87. The average molecular weight is 537 g/mol. The van der Waals surface area contributed by atoms with Crippen LogP contribution in [0.1, 0.15) is 22.8 Å². The van der Waals surface area contributed by atoms with Crippen LogP contribution in [0.15, 0.2) is 109 Å². The Balaban J connectivity index is 1.42. The van der Waals surface area contributed by atoms with E-state index in [1.165, 1.54) is 37.9 Å². The zero-order chi connectivity index (χ0) is 27.6. The van der Waals surface area contributed by atoms with Crippen molar-refractivity contribution in [3.05, 3.63) is 132 Å². The molecule has 2 aliphatic heterocycles. The lowest BCUT2D eigenvalue weighted by molar-refractivity contribution is 1.28. The molecular weight excluding hydrogens is 512 g/mol. The third-order valence-corrected chi connectivity index (χ3v) is 8.22. The van der Waals surface area contributed by atoms with E-state index < -0.39 is 0 Å². The molecule has 0 radical (unpaired) electrons. The molecule has 0 saturated carbocycles. The van der Waals surface area contributed by atoms with E-state index in [9.17, 15) is 0 Å². The molecule has 42 heavy (non-hydrogen) atoms. The molecule has 4 nitrogen and oxygen atoms in total. The van der Waals surface area contributed by atoms with E-state index >= 15 is 0 Å². The second-order valence-corrected chi connectivity index (χ2v) is 10.9. The number of hydrogen-bond donors (Lipinski definition) is 2. The molecule has 8 bridgehead atoms. The Kier molecular flexibility index (Phi) is 4.87. The highest BCUT2D eigenvalue weighted by atomic mass is 14.8. The van der Waals surface area contributed by atoms with Crippen molar-refractivity contribution in [1.82, 2.24) is 19.9 Å². The van der Waals surface area contributed by atoms with Gasteiger partial charge < -0.3 is 9.97 Å². The monoisotopic (exact) mass is 536 g/mol. The summed E-state index contributed by atoms with van der Waals surface area (Å²) >= 11 is 0. The third-order valence-electron chi connectivity index (χ3n) is 8.22. The summed E-state index contributed by atoms with van der Waals surface area (Å²) in [7, 11) is 0. The van der Waals surface area contributed by atoms with Crippen molar-refractivity contribution >= 4 is 78.7 Å². The normalized spacial score (nSPS) is 12.6. The summed E-state index contributed by atoms with van der Waals surface area (Å²) in [6.07, 6.45) is 8.16. The maximum absolute atomic E-state index is 4.80. The van der Waals surface area contributed by atoms with Crippen LogP contribution < -0.4 is 0 Å². The van der Waals surface area contributed by atoms with Crippen molar-refractivity contribution in [2.75, 3.05) is 0 Å². The topological polar surface area (TPSA) is 57.4 Å². The Morgan fingerprint density at radius 2 is 1.00 bits per heavy atom. The minimum absolute atomic E-state index is 0.898. The second-order valence-electron chi connectivity index (χ2n) is 10.9. The van der Waals surface area contributed by atoms with Gasteiger partial charge in [0.2, 0.25) is 0 Å². The highest BCUT2D eigenvalue weighted by molar-refractivity contribution is 6.19. The molecule has 196 valence electrons. The second kappa shape index (κ2) is 8.88. The molecule has 9 rings (SSSR count). The van der Waals surface area contributed by atoms with Gasteiger partial charge in [-0.2, -0.15) is 0 Å². The summed E-state index contributed by atoms with van der Waals surface area (Å²) in [5.41, 5.74) is 9.99. The summed E-state index contributed by atoms with van der Waals surface area (Å²) < 4.78 is 0. The minimum Gasteiger partial charge on any atom is -0.355 e. The Labute approximate surface area is 241 Å². The molecular formula is C38H24N4.